The maximum Gasteiger partial charge on any atom is 0.138 e. The number of hydrogen-bond donors (Lipinski definition) is 1. The lowest BCUT2D eigenvalue weighted by molar-refractivity contribution is 0.00346. The Bertz CT molecular complexity index is 291. The van der Waals surface area contributed by atoms with Gasteiger partial charge in [0.05, 0.1) is 18.9 Å². The van der Waals surface area contributed by atoms with Crippen molar-refractivity contribution in [2.24, 2.45) is 5.92 Å². The third-order valence-corrected chi connectivity index (χ3v) is 3.95. The van der Waals surface area contributed by atoms with Crippen molar-refractivity contribution in [3.63, 3.8) is 0 Å². The highest BCUT2D eigenvalue weighted by molar-refractivity contribution is 7.99. The summed E-state index contributed by atoms with van der Waals surface area (Å²) in [7, 11) is 0. The molecule has 1 aromatic rings. The third kappa shape index (κ3) is 3.49. The molecule has 0 amide bonds. The van der Waals surface area contributed by atoms with Gasteiger partial charge in [0.15, 0.2) is 0 Å². The molecule has 5 heteroatoms. The lowest BCUT2D eigenvalue weighted by atomic mass is 9.88. The highest BCUT2D eigenvalue weighted by Crippen LogP contribution is 2.26. The molecular formula is C11H19N3OS. The van der Waals surface area contributed by atoms with Crippen molar-refractivity contribution >= 4 is 11.8 Å². The molecule has 1 saturated carbocycles. The Balaban J connectivity index is 1.60. The fourth-order valence-electron chi connectivity index (χ4n) is 2.14. The summed E-state index contributed by atoms with van der Waals surface area (Å²) >= 11 is 1.69. The number of nitrogens with one attached hydrogen (secondary N) is 1. The van der Waals surface area contributed by atoms with Crippen molar-refractivity contribution in [1.29, 1.82) is 0 Å². The number of rotatable bonds is 5. The van der Waals surface area contributed by atoms with Crippen LogP contribution in [0.1, 0.15) is 32.6 Å². The summed E-state index contributed by atoms with van der Waals surface area (Å²) in [6.07, 6.45) is 7.47. The van der Waals surface area contributed by atoms with E-state index in [1.54, 1.807) is 18.0 Å². The summed E-state index contributed by atoms with van der Waals surface area (Å²) in [5, 5.41) is 11.3. The quantitative estimate of drug-likeness (QED) is 0.635. The molecular weight excluding hydrogens is 222 g/mol. The maximum absolute atomic E-state index is 5.91. The van der Waals surface area contributed by atoms with Crippen molar-refractivity contribution in [1.82, 2.24) is 15.4 Å². The predicted octanol–water partition coefficient (Wildman–Crippen LogP) is 2.49. The minimum absolute atomic E-state index is 0.478. The van der Waals surface area contributed by atoms with Crippen molar-refractivity contribution in [2.45, 2.75) is 43.7 Å². The zero-order chi connectivity index (χ0) is 11.2. The molecule has 0 bridgehead atoms. The van der Waals surface area contributed by atoms with Crippen molar-refractivity contribution in [3.05, 3.63) is 6.20 Å². The first-order valence-electron chi connectivity index (χ1n) is 5.96. The van der Waals surface area contributed by atoms with Gasteiger partial charge in [-0.05, 0) is 18.8 Å². The first kappa shape index (κ1) is 11.9. The van der Waals surface area contributed by atoms with Crippen molar-refractivity contribution in [3.8, 4) is 0 Å². The van der Waals surface area contributed by atoms with E-state index in [0.29, 0.717) is 6.10 Å². The Kier molecular flexibility index (Phi) is 4.66. The fourth-order valence-corrected chi connectivity index (χ4v) is 2.76. The zero-order valence-corrected chi connectivity index (χ0v) is 10.5. The molecule has 0 spiro atoms. The van der Waals surface area contributed by atoms with Crippen LogP contribution in [0.2, 0.25) is 0 Å². The number of aromatic nitrogens is 3. The zero-order valence-electron chi connectivity index (χ0n) is 9.69. The Morgan fingerprint density at radius 3 is 3.12 bits per heavy atom. The molecule has 4 nitrogen and oxygen atoms in total. The minimum atomic E-state index is 0.478. The lowest BCUT2D eigenvalue weighted by Crippen LogP contribution is -2.26. The smallest absolute Gasteiger partial charge is 0.138 e. The predicted molar refractivity (Wildman–Crippen MR) is 64.5 cm³/mol. The monoisotopic (exact) mass is 241 g/mol. The molecule has 1 aliphatic carbocycles. The SMILES string of the molecule is CC1CCCCC1OCCSc1cn[nH]n1. The Morgan fingerprint density at radius 1 is 1.50 bits per heavy atom. The number of H-pyrrole nitrogens is 1. The largest absolute Gasteiger partial charge is 0.377 e. The van der Waals surface area contributed by atoms with Gasteiger partial charge in [-0.2, -0.15) is 10.3 Å². The summed E-state index contributed by atoms with van der Waals surface area (Å²) in [6, 6.07) is 0. The summed E-state index contributed by atoms with van der Waals surface area (Å²) in [5.74, 6) is 1.68. The molecule has 2 rings (SSSR count). The minimum Gasteiger partial charge on any atom is -0.377 e. The van der Waals surface area contributed by atoms with E-state index < -0.39 is 0 Å². The Morgan fingerprint density at radius 2 is 2.38 bits per heavy atom. The second-order valence-corrected chi connectivity index (χ2v) is 5.44. The second-order valence-electron chi connectivity index (χ2n) is 4.33. The van der Waals surface area contributed by atoms with Gasteiger partial charge in [0.25, 0.3) is 0 Å². The summed E-state index contributed by atoms with van der Waals surface area (Å²) in [6.45, 7) is 3.11. The van der Waals surface area contributed by atoms with Crippen LogP contribution in [-0.2, 0) is 4.74 Å². The average Bonchev–Trinajstić information content (AvgIpc) is 2.79. The molecule has 0 saturated heterocycles. The Hall–Kier alpha value is -0.550. The molecule has 90 valence electrons. The van der Waals surface area contributed by atoms with Crippen LogP contribution in [0.3, 0.4) is 0 Å². The van der Waals surface area contributed by atoms with Gasteiger partial charge in [-0.1, -0.05) is 19.8 Å². The van der Waals surface area contributed by atoms with Crippen LogP contribution >= 0.6 is 11.8 Å². The molecule has 0 radical (unpaired) electrons. The van der Waals surface area contributed by atoms with Crippen LogP contribution in [0.25, 0.3) is 0 Å². The van der Waals surface area contributed by atoms with Crippen LogP contribution in [0.15, 0.2) is 11.2 Å². The number of aromatic amines is 1. The van der Waals surface area contributed by atoms with Crippen LogP contribution in [0.5, 0.6) is 0 Å². The van der Waals surface area contributed by atoms with E-state index in [1.165, 1.54) is 25.7 Å². The van der Waals surface area contributed by atoms with Crippen molar-refractivity contribution in [2.75, 3.05) is 12.4 Å². The van der Waals surface area contributed by atoms with E-state index in [1.807, 2.05) is 0 Å². The molecule has 1 N–H and O–H groups in total. The number of hydrogen-bond acceptors (Lipinski definition) is 4. The van der Waals surface area contributed by atoms with E-state index in [4.69, 9.17) is 4.74 Å². The van der Waals surface area contributed by atoms with Crippen LogP contribution < -0.4 is 0 Å². The highest BCUT2D eigenvalue weighted by atomic mass is 32.2. The summed E-state index contributed by atoms with van der Waals surface area (Å²) in [5.41, 5.74) is 0. The van der Waals surface area contributed by atoms with Gasteiger partial charge in [-0.15, -0.1) is 16.9 Å². The van der Waals surface area contributed by atoms with E-state index in [-0.39, 0.29) is 0 Å². The number of nitrogens with zero attached hydrogens (tertiary/aromatic N) is 2. The summed E-state index contributed by atoms with van der Waals surface area (Å²) < 4.78 is 5.91. The number of thioether (sulfide) groups is 1. The normalized spacial score (nSPS) is 25.8. The van der Waals surface area contributed by atoms with Gasteiger partial charge >= 0.3 is 0 Å². The molecule has 16 heavy (non-hydrogen) atoms. The lowest BCUT2D eigenvalue weighted by Gasteiger charge is -2.28. The Labute approximate surface area is 101 Å². The number of ether oxygens (including phenoxy) is 1. The molecule has 0 aromatic carbocycles. The van der Waals surface area contributed by atoms with E-state index in [9.17, 15) is 0 Å². The van der Waals surface area contributed by atoms with E-state index in [2.05, 4.69) is 22.3 Å². The van der Waals surface area contributed by atoms with Gasteiger partial charge in [0.2, 0.25) is 0 Å². The molecule has 1 fully saturated rings. The topological polar surface area (TPSA) is 50.8 Å². The van der Waals surface area contributed by atoms with Crippen LogP contribution in [0.4, 0.5) is 0 Å². The highest BCUT2D eigenvalue weighted by Gasteiger charge is 2.21. The van der Waals surface area contributed by atoms with Gasteiger partial charge in [0, 0.05) is 5.75 Å². The molecule has 1 aromatic heterocycles. The molecule has 1 heterocycles. The average molecular weight is 241 g/mol. The van der Waals surface area contributed by atoms with Gasteiger partial charge < -0.3 is 4.74 Å². The second kappa shape index (κ2) is 6.25. The van der Waals surface area contributed by atoms with Crippen LogP contribution in [-0.4, -0.2) is 33.9 Å². The first-order valence-corrected chi connectivity index (χ1v) is 6.95. The molecule has 2 atom stereocenters. The molecule has 2 unspecified atom stereocenters. The van der Waals surface area contributed by atoms with Crippen molar-refractivity contribution < 1.29 is 4.74 Å². The van der Waals surface area contributed by atoms with Gasteiger partial charge in [-0.25, -0.2) is 0 Å². The fraction of sp³-hybridized carbons (Fsp3) is 0.818. The third-order valence-electron chi connectivity index (χ3n) is 3.09. The van der Waals surface area contributed by atoms with E-state index in [0.717, 1.165) is 23.3 Å². The molecule has 0 aliphatic heterocycles. The van der Waals surface area contributed by atoms with E-state index >= 15 is 0 Å². The standard InChI is InChI=1S/C11H19N3OS/c1-9-4-2-3-5-10(9)15-6-7-16-11-8-12-14-13-11/h8-10H,2-7H2,1H3,(H,12,13,14). The van der Waals surface area contributed by atoms with Gasteiger partial charge in [-0.3, -0.25) is 0 Å². The first-order chi connectivity index (χ1) is 7.86. The van der Waals surface area contributed by atoms with Gasteiger partial charge in [0.1, 0.15) is 5.03 Å². The summed E-state index contributed by atoms with van der Waals surface area (Å²) in [4.78, 5) is 0. The molecule has 1 aliphatic rings. The maximum atomic E-state index is 5.91. The van der Waals surface area contributed by atoms with Crippen LogP contribution in [0, 0.1) is 5.92 Å².